The van der Waals surface area contributed by atoms with E-state index in [9.17, 15) is 4.79 Å². The van der Waals surface area contributed by atoms with Crippen LogP contribution in [0.1, 0.15) is 11.1 Å². The van der Waals surface area contributed by atoms with Gasteiger partial charge in [0.05, 0.1) is 7.11 Å². The van der Waals surface area contributed by atoms with Crippen LogP contribution in [0.5, 0.6) is 5.75 Å². The first-order valence-corrected chi connectivity index (χ1v) is 4.52. The second-order valence-corrected chi connectivity index (χ2v) is 3.22. The highest BCUT2D eigenvalue weighted by molar-refractivity contribution is 6.02. The van der Waals surface area contributed by atoms with Gasteiger partial charge in [0.2, 0.25) is 0 Å². The van der Waals surface area contributed by atoms with Crippen LogP contribution in [0.4, 0.5) is 0 Å². The van der Waals surface area contributed by atoms with Crippen LogP contribution >= 0.6 is 0 Å². The van der Waals surface area contributed by atoms with E-state index in [1.54, 1.807) is 13.2 Å². The summed E-state index contributed by atoms with van der Waals surface area (Å²) in [4.78, 5) is 10.3. The molecule has 0 atom stereocenters. The molecule has 0 spiro atoms. The number of hydrogen-bond acceptors (Lipinski definition) is 2. The molecule has 0 radical (unpaired) electrons. The Balaban J connectivity index is 2.23. The van der Waals surface area contributed by atoms with E-state index in [1.165, 1.54) is 0 Å². The Hall–Kier alpha value is -2.03. The average Bonchev–Trinajstić information content (AvgIpc) is 2.19. The van der Waals surface area contributed by atoms with Crippen LogP contribution in [0.15, 0.2) is 30.4 Å². The maximum absolute atomic E-state index is 10.3. The Bertz CT molecular complexity index is 470. The van der Waals surface area contributed by atoms with E-state index >= 15 is 0 Å². The lowest BCUT2D eigenvalue weighted by Crippen LogP contribution is -1.98. The van der Waals surface area contributed by atoms with Gasteiger partial charge in [-0.05, 0) is 41.0 Å². The van der Waals surface area contributed by atoms with Crippen LogP contribution in [0.2, 0.25) is 0 Å². The van der Waals surface area contributed by atoms with E-state index in [2.05, 4.69) is 0 Å². The van der Waals surface area contributed by atoms with E-state index < -0.39 is 5.97 Å². The topological polar surface area (TPSA) is 46.5 Å². The lowest BCUT2D eigenvalue weighted by molar-refractivity contribution is -0.131. The monoisotopic (exact) mass is 202 g/mol. The summed E-state index contributed by atoms with van der Waals surface area (Å²) >= 11 is 0. The van der Waals surface area contributed by atoms with Crippen LogP contribution in [-0.4, -0.2) is 18.2 Å². The molecular weight excluding hydrogens is 192 g/mol. The maximum atomic E-state index is 10.3. The lowest BCUT2D eigenvalue weighted by atomic mass is 9.88. The van der Waals surface area contributed by atoms with E-state index in [1.807, 2.05) is 24.3 Å². The third kappa shape index (κ3) is 1.76. The third-order valence-corrected chi connectivity index (χ3v) is 2.29. The number of allylic oxidation sites excluding steroid dienone is 2. The largest absolute Gasteiger partial charge is 0.497 e. The normalized spacial score (nSPS) is 13.0. The van der Waals surface area contributed by atoms with Gasteiger partial charge in [0.15, 0.2) is 0 Å². The number of carboxylic acids is 1. The van der Waals surface area contributed by atoms with Crippen molar-refractivity contribution in [3.8, 4) is 5.75 Å². The zero-order chi connectivity index (χ0) is 10.8. The minimum absolute atomic E-state index is 0.781. The summed E-state index contributed by atoms with van der Waals surface area (Å²) < 4.78 is 5.09. The molecular formula is C12H10O3. The summed E-state index contributed by atoms with van der Waals surface area (Å²) in [5.74, 6) is -0.157. The Morgan fingerprint density at radius 3 is 2.93 bits per heavy atom. The van der Waals surface area contributed by atoms with Crippen LogP contribution in [-0.2, 0) is 4.79 Å². The summed E-state index contributed by atoms with van der Waals surface area (Å²) in [6.45, 7) is 0. The first-order chi connectivity index (χ1) is 7.20. The molecule has 15 heavy (non-hydrogen) atoms. The molecule has 1 aromatic rings. The quantitative estimate of drug-likeness (QED) is 0.764. The second kappa shape index (κ2) is 3.61. The van der Waals surface area contributed by atoms with Gasteiger partial charge in [-0.15, -0.1) is 0 Å². The predicted molar refractivity (Wildman–Crippen MR) is 57.6 cm³/mol. The summed E-state index contributed by atoms with van der Waals surface area (Å²) in [6.07, 6.45) is 4.66. The molecule has 0 unspecified atom stereocenters. The number of hydrogen-bond donors (Lipinski definition) is 1. The highest BCUT2D eigenvalue weighted by Crippen LogP contribution is 2.35. The van der Waals surface area contributed by atoms with Gasteiger partial charge in [-0.3, -0.25) is 0 Å². The van der Waals surface area contributed by atoms with E-state index in [0.29, 0.717) is 0 Å². The van der Waals surface area contributed by atoms with Gasteiger partial charge in [-0.25, -0.2) is 4.79 Å². The molecule has 0 heterocycles. The van der Waals surface area contributed by atoms with Crippen molar-refractivity contribution < 1.29 is 14.6 Å². The smallest absolute Gasteiger partial charge is 0.328 e. The standard InChI is InChI=1S/C12H10O3/c1-15-10-4-2-8-6-9(11(8)7-10)3-5-12(13)14/h2-7H,1H3,(H,13,14)/b5-3+. The average molecular weight is 202 g/mol. The molecule has 1 aromatic carbocycles. The van der Waals surface area contributed by atoms with Crippen LogP contribution < -0.4 is 4.74 Å². The van der Waals surface area contributed by atoms with Crippen LogP contribution in [0.3, 0.4) is 0 Å². The number of aliphatic carboxylic acids is 1. The number of methoxy groups -OCH3 is 1. The summed E-state index contributed by atoms with van der Waals surface area (Å²) in [6, 6.07) is 5.73. The Morgan fingerprint density at radius 1 is 1.47 bits per heavy atom. The summed E-state index contributed by atoms with van der Waals surface area (Å²) in [5.41, 5.74) is 3.07. The molecule has 0 aromatic heterocycles. The first-order valence-electron chi connectivity index (χ1n) is 4.52. The summed E-state index contributed by atoms with van der Waals surface area (Å²) in [5, 5.41) is 8.49. The van der Waals surface area contributed by atoms with Gasteiger partial charge in [-0.1, -0.05) is 6.07 Å². The molecule has 3 heteroatoms. The van der Waals surface area contributed by atoms with Gasteiger partial charge >= 0.3 is 5.97 Å². The molecule has 1 aliphatic rings. The molecule has 1 N–H and O–H groups in total. The molecule has 0 bridgehead atoms. The molecule has 76 valence electrons. The van der Waals surface area contributed by atoms with Crippen LogP contribution in [0, 0.1) is 0 Å². The minimum Gasteiger partial charge on any atom is -0.497 e. The molecule has 0 aliphatic heterocycles. The van der Waals surface area contributed by atoms with Crippen molar-refractivity contribution in [2.24, 2.45) is 0 Å². The zero-order valence-electron chi connectivity index (χ0n) is 8.23. The fourth-order valence-corrected chi connectivity index (χ4v) is 1.50. The number of carbonyl (C=O) groups is 1. The fourth-order valence-electron chi connectivity index (χ4n) is 1.50. The van der Waals surface area contributed by atoms with Crippen molar-refractivity contribution in [1.29, 1.82) is 0 Å². The van der Waals surface area contributed by atoms with E-state index in [4.69, 9.17) is 9.84 Å². The van der Waals surface area contributed by atoms with Crippen LogP contribution in [0.25, 0.3) is 11.6 Å². The number of rotatable bonds is 3. The number of fused-ring (bicyclic) bond motifs is 1. The van der Waals surface area contributed by atoms with Gasteiger partial charge < -0.3 is 9.84 Å². The molecule has 0 amide bonds. The van der Waals surface area contributed by atoms with Gasteiger partial charge in [0.25, 0.3) is 0 Å². The number of carboxylic acid groups (broad SMARTS) is 1. The van der Waals surface area contributed by atoms with E-state index in [0.717, 1.165) is 28.5 Å². The Morgan fingerprint density at radius 2 is 2.27 bits per heavy atom. The van der Waals surface area contributed by atoms with Crippen molar-refractivity contribution in [3.63, 3.8) is 0 Å². The SMILES string of the molecule is COc1ccc2c(c1)C(/C=C/C(=O)O)=C2. The maximum Gasteiger partial charge on any atom is 0.328 e. The molecule has 2 rings (SSSR count). The zero-order valence-corrected chi connectivity index (χ0v) is 8.23. The molecule has 3 nitrogen and oxygen atoms in total. The van der Waals surface area contributed by atoms with Gasteiger partial charge in [0.1, 0.15) is 5.75 Å². The Kier molecular flexibility index (Phi) is 2.29. The number of ether oxygens (including phenoxy) is 1. The fraction of sp³-hybridized carbons (Fsp3) is 0.0833. The second-order valence-electron chi connectivity index (χ2n) is 3.22. The first kappa shape index (κ1) is 9.52. The van der Waals surface area contributed by atoms with Crippen molar-refractivity contribution in [3.05, 3.63) is 41.5 Å². The predicted octanol–water partition coefficient (Wildman–Crippen LogP) is 2.19. The lowest BCUT2D eigenvalue weighted by Gasteiger charge is -2.17. The molecule has 0 fully saturated rings. The minimum atomic E-state index is -0.938. The highest BCUT2D eigenvalue weighted by atomic mass is 16.5. The number of benzene rings is 1. The van der Waals surface area contributed by atoms with Crippen molar-refractivity contribution >= 4 is 17.6 Å². The summed E-state index contributed by atoms with van der Waals surface area (Å²) in [7, 11) is 1.61. The highest BCUT2D eigenvalue weighted by Gasteiger charge is 2.14. The van der Waals surface area contributed by atoms with Gasteiger partial charge in [-0.2, -0.15) is 0 Å². The molecule has 0 saturated heterocycles. The van der Waals surface area contributed by atoms with Crippen molar-refractivity contribution in [1.82, 2.24) is 0 Å². The van der Waals surface area contributed by atoms with Crippen molar-refractivity contribution in [2.45, 2.75) is 0 Å². The van der Waals surface area contributed by atoms with Crippen molar-refractivity contribution in [2.75, 3.05) is 7.11 Å². The molecule has 0 saturated carbocycles. The van der Waals surface area contributed by atoms with Gasteiger partial charge in [0, 0.05) is 6.08 Å². The van der Waals surface area contributed by atoms with E-state index in [-0.39, 0.29) is 0 Å². The Labute approximate surface area is 87.3 Å². The molecule has 1 aliphatic carbocycles. The third-order valence-electron chi connectivity index (χ3n) is 2.29.